The zero-order valence-corrected chi connectivity index (χ0v) is 9.80. The SMILES string of the molecule is O=c1[nH]cnc2c([C@@H]3N[C@H](CO)[C@@H](O)[C@H]3F)c[nH]c12. The van der Waals surface area contributed by atoms with E-state index in [1.54, 1.807) is 0 Å². The minimum atomic E-state index is -1.57. The largest absolute Gasteiger partial charge is 0.395 e. The highest BCUT2D eigenvalue weighted by molar-refractivity contribution is 5.78. The zero-order valence-electron chi connectivity index (χ0n) is 9.80. The molecule has 0 spiro atoms. The van der Waals surface area contributed by atoms with Gasteiger partial charge in [-0.1, -0.05) is 0 Å². The van der Waals surface area contributed by atoms with Gasteiger partial charge in [-0.3, -0.25) is 10.1 Å². The summed E-state index contributed by atoms with van der Waals surface area (Å²) in [5.74, 6) is 0. The van der Waals surface area contributed by atoms with Crippen molar-refractivity contribution < 1.29 is 14.6 Å². The maximum atomic E-state index is 14.1. The minimum absolute atomic E-state index is 0.258. The highest BCUT2D eigenvalue weighted by atomic mass is 19.1. The van der Waals surface area contributed by atoms with E-state index in [-0.39, 0.29) is 17.7 Å². The van der Waals surface area contributed by atoms with Crippen molar-refractivity contribution in [1.29, 1.82) is 0 Å². The normalized spacial score (nSPS) is 31.1. The highest BCUT2D eigenvalue weighted by Gasteiger charge is 2.43. The van der Waals surface area contributed by atoms with Gasteiger partial charge in [0.15, 0.2) is 0 Å². The number of aromatic amines is 2. The molecule has 7 nitrogen and oxygen atoms in total. The maximum absolute atomic E-state index is 14.1. The van der Waals surface area contributed by atoms with Crippen LogP contribution < -0.4 is 10.9 Å². The van der Waals surface area contributed by atoms with Gasteiger partial charge in [-0.05, 0) is 0 Å². The Morgan fingerprint density at radius 1 is 1.42 bits per heavy atom. The molecular weight excluding hydrogens is 255 g/mol. The van der Waals surface area contributed by atoms with Crippen molar-refractivity contribution in [1.82, 2.24) is 20.3 Å². The third-order valence-corrected chi connectivity index (χ3v) is 3.48. The molecule has 2 aromatic heterocycles. The fourth-order valence-corrected chi connectivity index (χ4v) is 2.47. The number of H-pyrrole nitrogens is 2. The van der Waals surface area contributed by atoms with E-state index in [1.807, 2.05) is 0 Å². The number of hydrogen-bond acceptors (Lipinski definition) is 5. The number of alkyl halides is 1. The molecule has 0 unspecified atom stereocenters. The number of aromatic nitrogens is 3. The summed E-state index contributed by atoms with van der Waals surface area (Å²) in [6.45, 7) is -0.367. The van der Waals surface area contributed by atoms with Crippen molar-refractivity contribution in [3.63, 3.8) is 0 Å². The van der Waals surface area contributed by atoms with Crippen LogP contribution in [0.4, 0.5) is 4.39 Å². The van der Waals surface area contributed by atoms with Gasteiger partial charge in [-0.15, -0.1) is 0 Å². The quantitative estimate of drug-likeness (QED) is 0.477. The average Bonchev–Trinajstić information content (AvgIpc) is 2.94. The highest BCUT2D eigenvalue weighted by Crippen LogP contribution is 2.32. The first-order valence-electron chi connectivity index (χ1n) is 5.87. The van der Waals surface area contributed by atoms with Gasteiger partial charge in [0.25, 0.3) is 5.56 Å². The van der Waals surface area contributed by atoms with E-state index < -0.39 is 24.4 Å². The molecule has 1 aliphatic heterocycles. The number of nitrogens with one attached hydrogen (secondary N) is 3. The molecule has 0 amide bonds. The van der Waals surface area contributed by atoms with E-state index in [1.165, 1.54) is 12.5 Å². The van der Waals surface area contributed by atoms with Crippen LogP contribution in [0.1, 0.15) is 11.6 Å². The molecule has 5 N–H and O–H groups in total. The van der Waals surface area contributed by atoms with Crippen molar-refractivity contribution in [2.24, 2.45) is 0 Å². The summed E-state index contributed by atoms with van der Waals surface area (Å²) in [5, 5.41) is 21.5. The lowest BCUT2D eigenvalue weighted by Crippen LogP contribution is -2.35. The van der Waals surface area contributed by atoms with Gasteiger partial charge in [0.1, 0.15) is 23.3 Å². The zero-order chi connectivity index (χ0) is 13.6. The average molecular weight is 268 g/mol. The van der Waals surface area contributed by atoms with E-state index in [4.69, 9.17) is 5.11 Å². The number of nitrogens with zero attached hydrogens (tertiary/aromatic N) is 1. The van der Waals surface area contributed by atoms with Crippen LogP contribution in [0.3, 0.4) is 0 Å². The molecule has 0 aromatic carbocycles. The summed E-state index contributed by atoms with van der Waals surface area (Å²) < 4.78 is 14.1. The summed E-state index contributed by atoms with van der Waals surface area (Å²) in [4.78, 5) is 20.7. The first kappa shape index (κ1) is 12.3. The van der Waals surface area contributed by atoms with Gasteiger partial charge in [-0.2, -0.15) is 0 Å². The second kappa shape index (κ2) is 4.41. The first-order chi connectivity index (χ1) is 9.13. The third kappa shape index (κ3) is 1.76. The van der Waals surface area contributed by atoms with Crippen molar-refractivity contribution in [2.45, 2.75) is 24.4 Å². The molecule has 0 bridgehead atoms. The molecule has 1 fully saturated rings. The van der Waals surface area contributed by atoms with Crippen LogP contribution in [-0.4, -0.2) is 50.1 Å². The molecule has 1 saturated heterocycles. The van der Waals surface area contributed by atoms with Crippen LogP contribution >= 0.6 is 0 Å². The lowest BCUT2D eigenvalue weighted by Gasteiger charge is -2.12. The Bertz CT molecular complexity index is 655. The molecule has 0 saturated carbocycles. The van der Waals surface area contributed by atoms with Gasteiger partial charge in [-0.25, -0.2) is 9.37 Å². The predicted octanol–water partition coefficient (Wildman–Crippen LogP) is -1.04. The number of halogens is 1. The lowest BCUT2D eigenvalue weighted by atomic mass is 10.0. The maximum Gasteiger partial charge on any atom is 0.275 e. The molecule has 0 aliphatic carbocycles. The molecule has 2 aromatic rings. The smallest absolute Gasteiger partial charge is 0.275 e. The number of fused-ring (bicyclic) bond motifs is 1. The minimum Gasteiger partial charge on any atom is -0.395 e. The van der Waals surface area contributed by atoms with E-state index in [0.717, 1.165) is 0 Å². The second-order valence-corrected chi connectivity index (χ2v) is 4.57. The lowest BCUT2D eigenvalue weighted by molar-refractivity contribution is 0.0675. The fraction of sp³-hybridized carbons (Fsp3) is 0.455. The van der Waals surface area contributed by atoms with Crippen LogP contribution in [0, 0.1) is 0 Å². The second-order valence-electron chi connectivity index (χ2n) is 4.57. The van der Waals surface area contributed by atoms with Gasteiger partial charge >= 0.3 is 0 Å². The van der Waals surface area contributed by atoms with Gasteiger partial charge in [0.2, 0.25) is 0 Å². The van der Waals surface area contributed by atoms with Gasteiger partial charge in [0.05, 0.1) is 25.0 Å². The molecule has 4 atom stereocenters. The van der Waals surface area contributed by atoms with Crippen LogP contribution in [0.5, 0.6) is 0 Å². The molecule has 19 heavy (non-hydrogen) atoms. The first-order valence-corrected chi connectivity index (χ1v) is 5.87. The molecule has 1 aliphatic rings. The molecule has 8 heteroatoms. The summed E-state index contributed by atoms with van der Waals surface area (Å²) in [6, 6.07) is -1.54. The Kier molecular flexibility index (Phi) is 2.85. The molecule has 3 rings (SSSR count). The summed E-state index contributed by atoms with van der Waals surface area (Å²) in [5.41, 5.74) is 0.732. The Morgan fingerprint density at radius 2 is 2.21 bits per heavy atom. The topological polar surface area (TPSA) is 114 Å². The van der Waals surface area contributed by atoms with Crippen molar-refractivity contribution in [3.8, 4) is 0 Å². The van der Waals surface area contributed by atoms with Crippen LogP contribution in [0.25, 0.3) is 11.0 Å². The van der Waals surface area contributed by atoms with Gasteiger partial charge < -0.3 is 20.2 Å². The Labute approximate surface area is 106 Å². The van der Waals surface area contributed by atoms with Crippen LogP contribution in [0.2, 0.25) is 0 Å². The number of rotatable bonds is 2. The third-order valence-electron chi connectivity index (χ3n) is 3.48. The van der Waals surface area contributed by atoms with Crippen molar-refractivity contribution in [3.05, 3.63) is 28.4 Å². The number of aliphatic hydroxyl groups is 2. The Morgan fingerprint density at radius 3 is 2.89 bits per heavy atom. The monoisotopic (exact) mass is 268 g/mol. The number of aliphatic hydroxyl groups excluding tert-OH is 2. The molecule has 0 radical (unpaired) electrons. The van der Waals surface area contributed by atoms with E-state index in [0.29, 0.717) is 11.1 Å². The number of hydrogen-bond donors (Lipinski definition) is 5. The van der Waals surface area contributed by atoms with Crippen LogP contribution in [0.15, 0.2) is 17.3 Å². The Hall–Kier alpha value is -1.77. The molecule has 102 valence electrons. The predicted molar refractivity (Wildman–Crippen MR) is 64.4 cm³/mol. The standard InChI is InChI=1S/C11H13FN4O3/c12-6-7(16-5(2-17)10(6)18)4-1-13-9-8(4)14-3-15-11(9)19/h1,3,5-7,10,13,16-18H,2H2,(H,14,15,19)/t5-,6+,7+,10-/m1/s1. The Balaban J connectivity index is 2.06. The van der Waals surface area contributed by atoms with E-state index >= 15 is 0 Å². The molecular formula is C11H13FN4O3. The van der Waals surface area contributed by atoms with Crippen molar-refractivity contribution >= 4 is 11.0 Å². The molecule has 3 heterocycles. The summed E-state index contributed by atoms with van der Waals surface area (Å²) in [7, 11) is 0. The van der Waals surface area contributed by atoms with E-state index in [2.05, 4.69) is 20.3 Å². The van der Waals surface area contributed by atoms with Gasteiger partial charge in [0, 0.05) is 11.8 Å². The summed E-state index contributed by atoms with van der Waals surface area (Å²) in [6.07, 6.45) is -0.132. The van der Waals surface area contributed by atoms with Crippen molar-refractivity contribution in [2.75, 3.05) is 6.61 Å². The van der Waals surface area contributed by atoms with E-state index in [9.17, 15) is 14.3 Å². The fourth-order valence-electron chi connectivity index (χ4n) is 2.47. The summed E-state index contributed by atoms with van der Waals surface area (Å²) >= 11 is 0. The van der Waals surface area contributed by atoms with Crippen LogP contribution in [-0.2, 0) is 0 Å².